The van der Waals surface area contributed by atoms with Crippen LogP contribution in [0.15, 0.2) is 140 Å². The third-order valence-electron chi connectivity index (χ3n) is 10.5. The molecule has 0 bridgehead atoms. The van der Waals surface area contributed by atoms with Gasteiger partial charge in [0.15, 0.2) is 0 Å². The monoisotopic (exact) mass is 896 g/mol. The molecule has 0 amide bonds. The molecule has 2 aliphatic heterocycles. The number of fused-ring (bicyclic) bond motifs is 8. The van der Waals surface area contributed by atoms with Gasteiger partial charge in [0.1, 0.15) is 5.82 Å². The number of para-hydroxylation sites is 3. The minimum absolute atomic E-state index is 0. The fraction of sp³-hybridized carbons (Fsp3) is 0.208. The van der Waals surface area contributed by atoms with Crippen molar-refractivity contribution in [2.24, 2.45) is 0 Å². The Hall–Kier alpha value is -5.23. The predicted octanol–water partition coefficient (Wildman–Crippen LogP) is 11.4. The third kappa shape index (κ3) is 6.97. The molecule has 5 nitrogen and oxygen atoms in total. The molecule has 1 radical (unpaired) electrons. The Morgan fingerprint density at radius 2 is 1.31 bits per heavy atom. The molecule has 0 unspecified atom stereocenters. The van der Waals surface area contributed by atoms with E-state index in [1.807, 2.05) is 36.7 Å². The van der Waals surface area contributed by atoms with E-state index in [-0.39, 0.29) is 32.5 Å². The second-order valence-electron chi connectivity index (χ2n) is 15.8. The zero-order chi connectivity index (χ0) is 37.6. The van der Waals surface area contributed by atoms with Crippen molar-refractivity contribution in [2.75, 3.05) is 9.62 Å². The Labute approximate surface area is 340 Å². The van der Waals surface area contributed by atoms with Gasteiger partial charge < -0.3 is 14.2 Å². The summed E-state index contributed by atoms with van der Waals surface area (Å²) < 4.78 is 2.22. The van der Waals surface area contributed by atoms with Gasteiger partial charge in [0, 0.05) is 55.6 Å². The third-order valence-corrected chi connectivity index (χ3v) is 10.5. The molecular weight excluding hydrogens is 850 g/mol. The molecule has 0 aliphatic carbocycles. The number of hydrogen-bond donors (Lipinski definition) is 0. The molecule has 55 heavy (non-hydrogen) atoms. The van der Waals surface area contributed by atoms with Crippen LogP contribution in [0.5, 0.6) is 0 Å². The topological polar surface area (TPSA) is 37.2 Å². The molecule has 5 aromatic carbocycles. The Morgan fingerprint density at radius 1 is 0.636 bits per heavy atom. The average molecular weight is 896 g/mol. The SMILES string of the molecule is CC(C)(C)c1ccnc(N2B3c4ccccc4-c4ccccc4N3c3ccc[c-]c32)c1.CC(C)c1cccc(C(C)C)c1-n1ccnc1-c1[c-]cccc1.[Ir]. The normalized spacial score (nSPS) is 12.7. The van der Waals surface area contributed by atoms with Crippen LogP contribution in [0.2, 0.25) is 0 Å². The first-order valence-electron chi connectivity index (χ1n) is 19.0. The predicted molar refractivity (Wildman–Crippen MR) is 226 cm³/mol. The zero-order valence-electron chi connectivity index (χ0n) is 32.6. The summed E-state index contributed by atoms with van der Waals surface area (Å²) in [5.41, 5.74) is 13.6. The first-order valence-corrected chi connectivity index (χ1v) is 19.0. The summed E-state index contributed by atoms with van der Waals surface area (Å²) in [5.74, 6) is 2.82. The molecule has 0 spiro atoms. The van der Waals surface area contributed by atoms with E-state index in [4.69, 9.17) is 4.98 Å². The van der Waals surface area contributed by atoms with Gasteiger partial charge in [-0.1, -0.05) is 121 Å². The smallest absolute Gasteiger partial charge is 0.409 e. The number of pyridine rings is 1. The number of rotatable bonds is 5. The molecule has 2 aliphatic rings. The van der Waals surface area contributed by atoms with Gasteiger partial charge in [-0.15, -0.1) is 42.0 Å². The van der Waals surface area contributed by atoms with Gasteiger partial charge >= 0.3 is 6.98 Å². The summed E-state index contributed by atoms with van der Waals surface area (Å²) in [6, 6.07) is 49.5. The standard InChI is InChI=1S/C27H23BN3.C21H23N2.Ir/c1-27(2,3)19-16-17-29-26(18-19)31-25-15-9-8-14-24(25)30-23-13-7-5-11-21(23)20-10-4-6-12-22(20)28(30)31;1-15(2)18-11-8-12-19(16(3)4)20(18)23-14-13-22-21(23)17-9-6-5-7-10-17;/h4-14,16-18H,1-3H3;5-9,11-16H,1-4H3;/q2*-1;. The van der Waals surface area contributed by atoms with Gasteiger partial charge in [-0.3, -0.25) is 4.98 Å². The van der Waals surface area contributed by atoms with Gasteiger partial charge in [0.25, 0.3) is 0 Å². The fourth-order valence-corrected chi connectivity index (χ4v) is 7.86. The first kappa shape index (κ1) is 38.1. The Balaban J connectivity index is 0.000000174. The van der Waals surface area contributed by atoms with Crippen molar-refractivity contribution in [3.63, 3.8) is 0 Å². The van der Waals surface area contributed by atoms with E-state index < -0.39 is 0 Å². The summed E-state index contributed by atoms with van der Waals surface area (Å²) >= 11 is 0. The van der Waals surface area contributed by atoms with E-state index in [1.165, 1.54) is 44.7 Å². The van der Waals surface area contributed by atoms with Gasteiger partial charge in [-0.2, -0.15) is 18.2 Å². The number of aromatic nitrogens is 3. The van der Waals surface area contributed by atoms with E-state index in [9.17, 15) is 0 Å². The Bertz CT molecular complexity index is 2400. The van der Waals surface area contributed by atoms with Crippen LogP contribution in [0.4, 0.5) is 22.9 Å². The second kappa shape index (κ2) is 15.5. The number of benzene rings is 5. The van der Waals surface area contributed by atoms with Crippen molar-refractivity contribution >= 4 is 35.3 Å². The molecule has 0 N–H and O–H groups in total. The van der Waals surface area contributed by atoms with Crippen LogP contribution < -0.4 is 15.1 Å². The van der Waals surface area contributed by atoms with Crippen molar-refractivity contribution in [2.45, 2.75) is 65.7 Å². The number of hydrogen-bond acceptors (Lipinski definition) is 4. The van der Waals surface area contributed by atoms with Crippen LogP contribution in [0, 0.1) is 12.1 Å². The maximum atomic E-state index is 4.83. The number of imidazole rings is 1. The first-order chi connectivity index (χ1) is 26.1. The van der Waals surface area contributed by atoms with Crippen LogP contribution in [-0.4, -0.2) is 21.5 Å². The van der Waals surface area contributed by atoms with Crippen molar-refractivity contribution < 1.29 is 20.1 Å². The van der Waals surface area contributed by atoms with Crippen LogP contribution in [0.1, 0.15) is 77.0 Å². The van der Waals surface area contributed by atoms with E-state index in [0.29, 0.717) is 11.8 Å². The largest absolute Gasteiger partial charge is 0.415 e. The maximum absolute atomic E-state index is 4.83. The summed E-state index contributed by atoms with van der Waals surface area (Å²) in [6.45, 7) is 15.7. The van der Waals surface area contributed by atoms with Gasteiger partial charge in [-0.25, -0.2) is 4.98 Å². The quantitative estimate of drug-likeness (QED) is 0.127. The summed E-state index contributed by atoms with van der Waals surface area (Å²) in [5, 5.41) is 0. The molecule has 9 rings (SSSR count). The minimum atomic E-state index is 0. The minimum Gasteiger partial charge on any atom is -0.415 e. The molecular formula is C48H46BIrN5-2. The number of nitrogens with zero attached hydrogens (tertiary/aromatic N) is 5. The van der Waals surface area contributed by atoms with Crippen LogP contribution in [0.25, 0.3) is 28.2 Å². The van der Waals surface area contributed by atoms with Crippen molar-refractivity contribution in [3.8, 4) is 28.2 Å². The molecule has 2 aromatic heterocycles. The molecule has 0 atom stereocenters. The van der Waals surface area contributed by atoms with E-state index in [1.54, 1.807) is 0 Å². The van der Waals surface area contributed by atoms with Crippen LogP contribution in [0.3, 0.4) is 0 Å². The summed E-state index contributed by atoms with van der Waals surface area (Å²) in [4.78, 5) is 14.2. The molecule has 277 valence electrons. The van der Waals surface area contributed by atoms with Crippen molar-refractivity contribution in [1.82, 2.24) is 14.5 Å². The molecule has 0 fully saturated rings. The van der Waals surface area contributed by atoms with Crippen LogP contribution >= 0.6 is 0 Å². The fourth-order valence-electron chi connectivity index (χ4n) is 7.86. The second-order valence-corrected chi connectivity index (χ2v) is 15.8. The van der Waals surface area contributed by atoms with Gasteiger partial charge in [0.2, 0.25) is 0 Å². The zero-order valence-corrected chi connectivity index (χ0v) is 35.0. The molecule has 4 heterocycles. The summed E-state index contributed by atoms with van der Waals surface area (Å²) in [6.07, 6.45) is 5.87. The number of anilines is 4. The molecule has 7 aromatic rings. The van der Waals surface area contributed by atoms with Crippen LogP contribution in [-0.2, 0) is 25.5 Å². The van der Waals surface area contributed by atoms with Crippen molar-refractivity contribution in [1.29, 1.82) is 0 Å². The Morgan fingerprint density at radius 3 is 2.02 bits per heavy atom. The van der Waals surface area contributed by atoms with E-state index in [2.05, 4.69) is 183 Å². The van der Waals surface area contributed by atoms with Crippen molar-refractivity contribution in [3.05, 3.63) is 169 Å². The van der Waals surface area contributed by atoms with Gasteiger partial charge in [-0.05, 0) is 63.2 Å². The van der Waals surface area contributed by atoms with E-state index >= 15 is 0 Å². The maximum Gasteiger partial charge on any atom is 0.409 e. The molecule has 0 saturated heterocycles. The summed E-state index contributed by atoms with van der Waals surface area (Å²) in [7, 11) is 0. The average Bonchev–Trinajstić information content (AvgIpc) is 3.82. The Kier molecular flexibility index (Phi) is 10.7. The van der Waals surface area contributed by atoms with E-state index in [0.717, 1.165) is 28.6 Å². The molecule has 0 saturated carbocycles. The molecule has 7 heteroatoms. The van der Waals surface area contributed by atoms with Gasteiger partial charge in [0.05, 0.1) is 5.82 Å².